The Morgan fingerprint density at radius 1 is 1.30 bits per heavy atom. The maximum Gasteiger partial charge on any atom is 0.335 e. The van der Waals surface area contributed by atoms with Crippen LogP contribution in [0.25, 0.3) is 0 Å². The molecule has 1 aromatic heterocycles. The van der Waals surface area contributed by atoms with Gasteiger partial charge < -0.3 is 30.5 Å². The lowest BCUT2D eigenvalue weighted by atomic mass is 9.98. The first-order valence-corrected chi connectivity index (χ1v) is 7.72. The van der Waals surface area contributed by atoms with Gasteiger partial charge in [0.05, 0.1) is 5.69 Å². The van der Waals surface area contributed by atoms with Crippen LogP contribution in [0.4, 0.5) is 5.82 Å². The van der Waals surface area contributed by atoms with Gasteiger partial charge in [-0.3, -0.25) is 0 Å². The van der Waals surface area contributed by atoms with Crippen LogP contribution in [0.1, 0.15) is 30.8 Å². The summed E-state index contributed by atoms with van der Waals surface area (Å²) in [7, 11) is 0. The van der Waals surface area contributed by atoms with Crippen molar-refractivity contribution in [2.24, 2.45) is 0 Å². The van der Waals surface area contributed by atoms with E-state index in [0.717, 1.165) is 30.5 Å². The number of aliphatic hydroxyl groups excluding tert-OH is 3. The summed E-state index contributed by atoms with van der Waals surface area (Å²) in [5.74, 6) is -0.741. The summed E-state index contributed by atoms with van der Waals surface area (Å²) in [6, 6.07) is 0. The van der Waals surface area contributed by atoms with Gasteiger partial charge in [-0.2, -0.15) is 5.10 Å². The Hall–Kier alpha value is -1.68. The molecule has 2 aliphatic rings. The minimum Gasteiger partial charge on any atom is -0.479 e. The summed E-state index contributed by atoms with van der Waals surface area (Å²) >= 11 is 0. The van der Waals surface area contributed by atoms with E-state index >= 15 is 0 Å². The fraction of sp³-hybridized carbons (Fsp3) is 0.714. The molecule has 9 nitrogen and oxygen atoms in total. The highest BCUT2D eigenvalue weighted by molar-refractivity contribution is 5.73. The quantitative estimate of drug-likeness (QED) is 0.468. The normalized spacial score (nSPS) is 33.5. The number of fused-ring (bicyclic) bond motifs is 1. The van der Waals surface area contributed by atoms with E-state index in [1.54, 1.807) is 0 Å². The van der Waals surface area contributed by atoms with E-state index in [4.69, 9.17) is 9.84 Å². The topological polar surface area (TPSA) is 137 Å². The number of carboxylic acid groups (broad SMARTS) is 1. The molecule has 5 N–H and O–H groups in total. The molecule has 128 valence electrons. The number of hydrogen-bond acceptors (Lipinski definition) is 7. The van der Waals surface area contributed by atoms with Gasteiger partial charge in [-0.1, -0.05) is 0 Å². The van der Waals surface area contributed by atoms with Crippen LogP contribution in [0.5, 0.6) is 0 Å². The van der Waals surface area contributed by atoms with E-state index in [-0.39, 0.29) is 0 Å². The molecule has 0 bridgehead atoms. The predicted molar refractivity (Wildman–Crippen MR) is 78.0 cm³/mol. The summed E-state index contributed by atoms with van der Waals surface area (Å²) in [6.45, 7) is 2.53. The molecule has 0 amide bonds. The highest BCUT2D eigenvalue weighted by Gasteiger charge is 2.48. The fourth-order valence-corrected chi connectivity index (χ4v) is 3.22. The predicted octanol–water partition coefficient (Wildman–Crippen LogP) is -1.13. The van der Waals surface area contributed by atoms with Gasteiger partial charge in [0.1, 0.15) is 24.1 Å². The molecule has 23 heavy (non-hydrogen) atoms. The SMILES string of the molecule is CCNc1c2c(nn1C1O[C@H](C(=O)O)[C@@H](O)[C@H](O)[C@H]1O)CCC2. The van der Waals surface area contributed by atoms with Gasteiger partial charge in [0.25, 0.3) is 0 Å². The molecule has 3 rings (SSSR count). The first-order valence-electron chi connectivity index (χ1n) is 7.72. The molecule has 2 heterocycles. The standard InChI is InChI=1S/C14H21N3O6/c1-2-15-12-6-4-3-5-7(6)16-17(12)13-10(20)8(18)9(19)11(23-13)14(21)22/h8-11,13,15,18-20H,2-5H2,1H3,(H,21,22)/t8-,9-,10+,11-,13?/m0/s1. The molecular formula is C14H21N3O6. The molecule has 1 saturated heterocycles. The lowest BCUT2D eigenvalue weighted by molar-refractivity contribution is -0.248. The molecule has 9 heteroatoms. The van der Waals surface area contributed by atoms with Crippen molar-refractivity contribution < 1.29 is 30.0 Å². The van der Waals surface area contributed by atoms with E-state index < -0.39 is 36.6 Å². The second-order valence-corrected chi connectivity index (χ2v) is 5.86. The van der Waals surface area contributed by atoms with Crippen molar-refractivity contribution in [2.75, 3.05) is 11.9 Å². The summed E-state index contributed by atoms with van der Waals surface area (Å²) in [5.41, 5.74) is 1.90. The van der Waals surface area contributed by atoms with Crippen molar-refractivity contribution in [1.82, 2.24) is 9.78 Å². The molecule has 0 aromatic carbocycles. The van der Waals surface area contributed by atoms with Crippen LogP contribution in [0.3, 0.4) is 0 Å². The summed E-state index contributed by atoms with van der Waals surface area (Å²) in [4.78, 5) is 11.2. The number of ether oxygens (including phenoxy) is 1. The second kappa shape index (κ2) is 6.08. The van der Waals surface area contributed by atoms with Gasteiger partial charge in [-0.25, -0.2) is 9.48 Å². The molecule has 0 spiro atoms. The zero-order valence-electron chi connectivity index (χ0n) is 12.7. The molecule has 0 radical (unpaired) electrons. The van der Waals surface area contributed by atoms with Crippen LogP contribution in [0.15, 0.2) is 0 Å². The molecule has 1 aromatic rings. The van der Waals surface area contributed by atoms with Gasteiger partial charge in [-0.05, 0) is 26.2 Å². The Kier molecular flexibility index (Phi) is 4.28. The number of carbonyl (C=O) groups is 1. The van der Waals surface area contributed by atoms with Gasteiger partial charge in [0.2, 0.25) is 0 Å². The fourth-order valence-electron chi connectivity index (χ4n) is 3.22. The number of aliphatic carboxylic acids is 1. The van der Waals surface area contributed by atoms with Crippen LogP contribution in [-0.2, 0) is 22.4 Å². The van der Waals surface area contributed by atoms with Gasteiger partial charge >= 0.3 is 5.97 Å². The third-order valence-electron chi connectivity index (χ3n) is 4.35. The molecule has 1 aliphatic heterocycles. The van der Waals surface area contributed by atoms with Crippen molar-refractivity contribution in [3.05, 3.63) is 11.3 Å². The molecular weight excluding hydrogens is 306 g/mol. The van der Waals surface area contributed by atoms with Gasteiger partial charge in [0, 0.05) is 12.1 Å². The lowest BCUT2D eigenvalue weighted by Gasteiger charge is -2.39. The summed E-state index contributed by atoms with van der Waals surface area (Å²) in [6.07, 6.45) is -5.01. The van der Waals surface area contributed by atoms with Crippen molar-refractivity contribution >= 4 is 11.8 Å². The van der Waals surface area contributed by atoms with Crippen LogP contribution < -0.4 is 5.32 Å². The second-order valence-electron chi connectivity index (χ2n) is 5.86. The largest absolute Gasteiger partial charge is 0.479 e. The number of carboxylic acids is 1. The average molecular weight is 327 g/mol. The average Bonchev–Trinajstić information content (AvgIpc) is 3.08. The Morgan fingerprint density at radius 2 is 2.04 bits per heavy atom. The van der Waals surface area contributed by atoms with Crippen molar-refractivity contribution in [3.63, 3.8) is 0 Å². The van der Waals surface area contributed by atoms with Crippen LogP contribution >= 0.6 is 0 Å². The van der Waals surface area contributed by atoms with Crippen LogP contribution in [0, 0.1) is 0 Å². The van der Waals surface area contributed by atoms with Crippen LogP contribution in [0.2, 0.25) is 0 Å². The van der Waals surface area contributed by atoms with E-state index in [0.29, 0.717) is 12.4 Å². The first kappa shape index (κ1) is 16.2. The Balaban J connectivity index is 1.98. The minimum atomic E-state index is -1.70. The van der Waals surface area contributed by atoms with E-state index in [1.165, 1.54) is 4.68 Å². The maximum atomic E-state index is 11.2. The summed E-state index contributed by atoms with van der Waals surface area (Å²) in [5, 5.41) is 46.7. The molecule has 5 atom stereocenters. The number of aromatic nitrogens is 2. The van der Waals surface area contributed by atoms with Gasteiger partial charge in [-0.15, -0.1) is 0 Å². The van der Waals surface area contributed by atoms with Crippen LogP contribution in [-0.4, -0.2) is 67.1 Å². The van der Waals surface area contributed by atoms with E-state index in [2.05, 4.69) is 10.4 Å². The maximum absolute atomic E-state index is 11.2. The molecule has 1 fully saturated rings. The number of aliphatic hydroxyl groups is 3. The number of aryl methyl sites for hydroxylation is 1. The zero-order valence-corrected chi connectivity index (χ0v) is 12.7. The number of anilines is 1. The van der Waals surface area contributed by atoms with E-state index in [1.807, 2.05) is 6.92 Å². The monoisotopic (exact) mass is 327 g/mol. The highest BCUT2D eigenvalue weighted by atomic mass is 16.6. The number of nitrogens with zero attached hydrogens (tertiary/aromatic N) is 2. The first-order chi connectivity index (χ1) is 11.0. The van der Waals surface area contributed by atoms with Crippen molar-refractivity contribution in [2.45, 2.75) is 56.8 Å². The Bertz CT molecular complexity index is 604. The summed E-state index contributed by atoms with van der Waals surface area (Å²) < 4.78 is 6.75. The Morgan fingerprint density at radius 3 is 2.70 bits per heavy atom. The van der Waals surface area contributed by atoms with Crippen molar-refractivity contribution in [1.29, 1.82) is 0 Å². The smallest absolute Gasteiger partial charge is 0.335 e. The number of nitrogens with one attached hydrogen (secondary N) is 1. The minimum absolute atomic E-state index is 0.620. The molecule has 0 saturated carbocycles. The zero-order chi connectivity index (χ0) is 16.7. The molecule has 1 aliphatic carbocycles. The van der Waals surface area contributed by atoms with E-state index in [9.17, 15) is 20.1 Å². The third kappa shape index (κ3) is 2.59. The number of rotatable bonds is 4. The van der Waals surface area contributed by atoms with Gasteiger partial charge in [0.15, 0.2) is 12.3 Å². The highest BCUT2D eigenvalue weighted by Crippen LogP contribution is 2.35. The number of hydrogen-bond donors (Lipinski definition) is 5. The third-order valence-corrected chi connectivity index (χ3v) is 4.35. The van der Waals surface area contributed by atoms with Crippen molar-refractivity contribution in [3.8, 4) is 0 Å². The Labute approximate surface area is 132 Å². The lowest BCUT2D eigenvalue weighted by Crippen LogP contribution is -2.58. The molecule has 1 unspecified atom stereocenters.